The fourth-order valence-electron chi connectivity index (χ4n) is 3.51. The minimum atomic E-state index is -0.0987. The van der Waals surface area contributed by atoms with E-state index in [4.69, 9.17) is 0 Å². The number of carbonyl (C=O) groups is 1. The molecule has 0 unspecified atom stereocenters. The summed E-state index contributed by atoms with van der Waals surface area (Å²) in [6.07, 6.45) is 5.43. The van der Waals surface area contributed by atoms with Crippen molar-refractivity contribution in [1.29, 1.82) is 0 Å². The number of nitrogens with one attached hydrogen (secondary N) is 2. The van der Waals surface area contributed by atoms with Crippen molar-refractivity contribution >= 4 is 27.5 Å². The highest BCUT2D eigenvalue weighted by atomic mass is 32.1. The van der Waals surface area contributed by atoms with E-state index in [-0.39, 0.29) is 11.5 Å². The normalized spacial score (nSPS) is 21.1. The maximum absolute atomic E-state index is 12.2. The van der Waals surface area contributed by atoms with Crippen LogP contribution in [0, 0.1) is 19.8 Å². The van der Waals surface area contributed by atoms with E-state index in [1.807, 2.05) is 13.8 Å². The van der Waals surface area contributed by atoms with Crippen LogP contribution >= 0.6 is 11.3 Å². The molecule has 1 aliphatic carbocycles. The predicted octanol–water partition coefficient (Wildman–Crippen LogP) is 3.23. The number of carbonyl (C=O) groups excluding carboxylic acids is 1. The zero-order chi connectivity index (χ0) is 17.3. The second-order valence-corrected chi connectivity index (χ2v) is 8.22. The predicted molar refractivity (Wildman–Crippen MR) is 97.6 cm³/mol. The average molecular weight is 347 g/mol. The monoisotopic (exact) mass is 347 g/mol. The molecule has 3 rings (SSSR count). The van der Waals surface area contributed by atoms with Crippen molar-refractivity contribution < 1.29 is 4.79 Å². The maximum atomic E-state index is 12.2. The maximum Gasteiger partial charge on any atom is 0.259 e. The molecule has 5 nitrogen and oxygen atoms in total. The molecule has 2 atom stereocenters. The minimum absolute atomic E-state index is 0.0513. The van der Waals surface area contributed by atoms with E-state index in [0.29, 0.717) is 36.0 Å². The van der Waals surface area contributed by atoms with Gasteiger partial charge in [-0.3, -0.25) is 9.59 Å². The molecule has 1 saturated carbocycles. The van der Waals surface area contributed by atoms with Crippen molar-refractivity contribution in [3.05, 3.63) is 26.6 Å². The molecule has 1 aliphatic rings. The van der Waals surface area contributed by atoms with Crippen molar-refractivity contribution in [2.24, 2.45) is 5.92 Å². The first kappa shape index (κ1) is 17.1. The van der Waals surface area contributed by atoms with Crippen molar-refractivity contribution in [2.75, 3.05) is 0 Å². The number of amides is 1. The van der Waals surface area contributed by atoms with Crippen LogP contribution in [-0.2, 0) is 11.2 Å². The highest BCUT2D eigenvalue weighted by molar-refractivity contribution is 7.18. The lowest BCUT2D eigenvalue weighted by Crippen LogP contribution is -2.38. The number of nitrogens with zero attached hydrogens (tertiary/aromatic N) is 1. The molecule has 1 amide bonds. The molecule has 1 fully saturated rings. The molecule has 130 valence electrons. The number of fused-ring (bicyclic) bond motifs is 1. The zero-order valence-electron chi connectivity index (χ0n) is 14.6. The summed E-state index contributed by atoms with van der Waals surface area (Å²) < 4.78 is 0. The molecule has 24 heavy (non-hydrogen) atoms. The second kappa shape index (κ2) is 7.05. The topological polar surface area (TPSA) is 74.8 Å². The third-order valence-corrected chi connectivity index (χ3v) is 6.08. The number of H-pyrrole nitrogens is 1. The van der Waals surface area contributed by atoms with Crippen LogP contribution in [0.5, 0.6) is 0 Å². The summed E-state index contributed by atoms with van der Waals surface area (Å²) in [5, 5.41) is 3.81. The van der Waals surface area contributed by atoms with E-state index >= 15 is 0 Å². The van der Waals surface area contributed by atoms with E-state index in [9.17, 15) is 9.59 Å². The number of hydrogen-bond donors (Lipinski definition) is 2. The lowest BCUT2D eigenvalue weighted by atomic mass is 9.87. The van der Waals surface area contributed by atoms with Gasteiger partial charge in [0.15, 0.2) is 0 Å². The van der Waals surface area contributed by atoms with E-state index in [1.165, 1.54) is 24.2 Å². The number of aryl methyl sites for hydroxylation is 3. The van der Waals surface area contributed by atoms with E-state index in [1.54, 1.807) is 0 Å². The van der Waals surface area contributed by atoms with Gasteiger partial charge in [0.25, 0.3) is 5.56 Å². The van der Waals surface area contributed by atoms with Crippen molar-refractivity contribution in [3.8, 4) is 0 Å². The fourth-order valence-corrected chi connectivity index (χ4v) is 4.56. The molecule has 0 aromatic carbocycles. The summed E-state index contributed by atoms with van der Waals surface area (Å²) >= 11 is 1.54. The summed E-state index contributed by atoms with van der Waals surface area (Å²) in [7, 11) is 0. The van der Waals surface area contributed by atoms with Crippen molar-refractivity contribution in [2.45, 2.75) is 65.3 Å². The Morgan fingerprint density at radius 3 is 2.92 bits per heavy atom. The first-order chi connectivity index (χ1) is 11.4. The average Bonchev–Trinajstić information content (AvgIpc) is 2.80. The highest BCUT2D eigenvalue weighted by Gasteiger charge is 2.20. The quantitative estimate of drug-likeness (QED) is 0.891. The lowest BCUT2D eigenvalue weighted by molar-refractivity contribution is -0.122. The van der Waals surface area contributed by atoms with Gasteiger partial charge in [-0.2, -0.15) is 0 Å². The number of aromatic amines is 1. The van der Waals surface area contributed by atoms with Gasteiger partial charge < -0.3 is 10.3 Å². The first-order valence-electron chi connectivity index (χ1n) is 8.72. The van der Waals surface area contributed by atoms with Gasteiger partial charge in [0, 0.05) is 23.8 Å². The second-order valence-electron chi connectivity index (χ2n) is 7.01. The number of aromatic nitrogens is 2. The Bertz CT molecular complexity index is 808. The van der Waals surface area contributed by atoms with Crippen molar-refractivity contribution in [1.82, 2.24) is 15.3 Å². The van der Waals surface area contributed by atoms with Crippen LogP contribution in [0.2, 0.25) is 0 Å². The van der Waals surface area contributed by atoms with Crippen LogP contribution in [0.25, 0.3) is 10.2 Å². The van der Waals surface area contributed by atoms with Crippen LogP contribution in [-0.4, -0.2) is 21.9 Å². The van der Waals surface area contributed by atoms with Crippen LogP contribution < -0.4 is 10.9 Å². The van der Waals surface area contributed by atoms with Gasteiger partial charge in [0.2, 0.25) is 5.91 Å². The molecule has 2 N–H and O–H groups in total. The molecule has 0 saturated heterocycles. The zero-order valence-corrected chi connectivity index (χ0v) is 15.4. The Kier molecular flexibility index (Phi) is 5.04. The molecule has 2 aromatic heterocycles. The molecule has 0 bridgehead atoms. The third-order valence-electron chi connectivity index (χ3n) is 4.98. The van der Waals surface area contributed by atoms with Crippen LogP contribution in [0.3, 0.4) is 0 Å². The number of rotatable bonds is 4. The Hall–Kier alpha value is -1.69. The van der Waals surface area contributed by atoms with Gasteiger partial charge in [-0.15, -0.1) is 11.3 Å². The number of thiophene rings is 1. The Labute approximate surface area is 145 Å². The van der Waals surface area contributed by atoms with Gasteiger partial charge >= 0.3 is 0 Å². The first-order valence-corrected chi connectivity index (χ1v) is 9.54. The Morgan fingerprint density at radius 1 is 1.38 bits per heavy atom. The van der Waals surface area contributed by atoms with Gasteiger partial charge in [-0.25, -0.2) is 4.98 Å². The lowest BCUT2D eigenvalue weighted by Gasteiger charge is -2.27. The summed E-state index contributed by atoms with van der Waals surface area (Å²) in [6.45, 7) is 6.19. The third kappa shape index (κ3) is 3.69. The molecular weight excluding hydrogens is 322 g/mol. The Balaban J connectivity index is 1.63. The highest BCUT2D eigenvalue weighted by Crippen LogP contribution is 2.26. The fraction of sp³-hybridized carbons (Fsp3) is 0.611. The van der Waals surface area contributed by atoms with Gasteiger partial charge in [-0.05, 0) is 38.2 Å². The molecule has 0 spiro atoms. The summed E-state index contributed by atoms with van der Waals surface area (Å²) in [5.74, 6) is 1.34. The standard InChI is InChI=1S/C18H25N3O2S/c1-10-5-4-6-13(9-10)19-15(22)8-7-14-20-17(23)16-11(2)12(3)24-18(16)21-14/h10,13H,4-9H2,1-3H3,(H,19,22)(H,20,21,23)/t10-,13+/m1/s1. The van der Waals surface area contributed by atoms with Crippen LogP contribution in [0.15, 0.2) is 4.79 Å². The summed E-state index contributed by atoms with van der Waals surface area (Å²) in [5.41, 5.74) is 0.901. The molecular formula is C18H25N3O2S. The van der Waals surface area contributed by atoms with E-state index in [0.717, 1.165) is 28.1 Å². The van der Waals surface area contributed by atoms with Crippen LogP contribution in [0.1, 0.15) is 55.3 Å². The van der Waals surface area contributed by atoms with Gasteiger partial charge in [0.1, 0.15) is 10.7 Å². The Morgan fingerprint density at radius 2 is 2.17 bits per heavy atom. The molecule has 0 aliphatic heterocycles. The molecule has 2 heterocycles. The SMILES string of the molecule is Cc1sc2nc(CCC(=O)N[C@H]3CCC[C@@H](C)C3)[nH]c(=O)c2c1C. The molecule has 2 aromatic rings. The van der Waals surface area contributed by atoms with Crippen molar-refractivity contribution in [3.63, 3.8) is 0 Å². The van der Waals surface area contributed by atoms with E-state index in [2.05, 4.69) is 22.2 Å². The largest absolute Gasteiger partial charge is 0.353 e. The van der Waals surface area contributed by atoms with Gasteiger partial charge in [-0.1, -0.05) is 19.8 Å². The van der Waals surface area contributed by atoms with E-state index < -0.39 is 0 Å². The number of hydrogen-bond acceptors (Lipinski definition) is 4. The summed E-state index contributed by atoms with van der Waals surface area (Å²) in [4.78, 5) is 33.7. The molecule has 6 heteroatoms. The minimum Gasteiger partial charge on any atom is -0.353 e. The van der Waals surface area contributed by atoms with Gasteiger partial charge in [0.05, 0.1) is 5.39 Å². The smallest absolute Gasteiger partial charge is 0.259 e. The molecule has 0 radical (unpaired) electrons. The summed E-state index contributed by atoms with van der Waals surface area (Å²) in [6, 6.07) is 0.304. The van der Waals surface area contributed by atoms with Crippen LogP contribution in [0.4, 0.5) is 0 Å².